The van der Waals surface area contributed by atoms with Crippen molar-refractivity contribution >= 4 is 22.7 Å². The zero-order valence-corrected chi connectivity index (χ0v) is 11.4. The van der Waals surface area contributed by atoms with Crippen LogP contribution in [0.3, 0.4) is 0 Å². The van der Waals surface area contributed by atoms with E-state index in [1.807, 2.05) is 0 Å². The lowest BCUT2D eigenvalue weighted by Crippen LogP contribution is -2.26. The molecule has 108 valence electrons. The number of carbonyl (C=O) groups is 2. The molecule has 0 saturated heterocycles. The second kappa shape index (κ2) is 6.13. The summed E-state index contributed by atoms with van der Waals surface area (Å²) in [4.78, 5) is 22.5. The second-order valence-electron chi connectivity index (χ2n) is 4.59. The molecule has 2 N–H and O–H groups in total. The van der Waals surface area contributed by atoms with E-state index in [9.17, 15) is 18.2 Å². The molecule has 2 rings (SSSR count). The molecule has 20 heavy (non-hydrogen) atoms. The number of halogens is 1. The molecule has 1 amide bonds. The Hall–Kier alpha value is -1.76. The van der Waals surface area contributed by atoms with E-state index in [1.54, 1.807) is 0 Å². The predicted molar refractivity (Wildman–Crippen MR) is 70.4 cm³/mol. The molecule has 1 saturated carbocycles. The highest BCUT2D eigenvalue weighted by Crippen LogP contribution is 2.19. The maximum absolute atomic E-state index is 13.2. The van der Waals surface area contributed by atoms with Gasteiger partial charge in [-0.05, 0) is 31.0 Å². The lowest BCUT2D eigenvalue weighted by Gasteiger charge is -2.05. The Balaban J connectivity index is 1.96. The number of carboxylic acids is 1. The first-order valence-corrected chi connectivity index (χ1v) is 7.50. The van der Waals surface area contributed by atoms with Gasteiger partial charge in [0.2, 0.25) is 5.91 Å². The minimum Gasteiger partial charge on any atom is -0.478 e. The molecule has 0 spiro atoms. The molecule has 1 aromatic rings. The average molecular weight is 299 g/mol. The highest BCUT2D eigenvalue weighted by molar-refractivity contribution is 7.85. The van der Waals surface area contributed by atoms with E-state index in [0.29, 0.717) is 0 Å². The molecular weight excluding hydrogens is 285 g/mol. The first kappa shape index (κ1) is 14.6. The number of amides is 1. The standard InChI is InChI=1S/C13H14FNO4S/c14-11-4-3-9(7-10(11)13(17)18)20(19)6-5-12(16)15-8-1-2-8/h3-4,7-8H,1-2,5-6H2,(H,15,16)(H,17,18). The number of rotatable bonds is 6. The average Bonchev–Trinajstić information content (AvgIpc) is 3.20. The number of hydrogen-bond donors (Lipinski definition) is 2. The van der Waals surface area contributed by atoms with E-state index < -0.39 is 28.1 Å². The largest absolute Gasteiger partial charge is 0.478 e. The Labute approximate surface area is 117 Å². The molecule has 5 nitrogen and oxygen atoms in total. The SMILES string of the molecule is O=C(CCS(=O)c1ccc(F)c(C(=O)O)c1)NC1CC1. The molecule has 0 radical (unpaired) electrons. The fourth-order valence-corrected chi connectivity index (χ4v) is 2.72. The minimum atomic E-state index is -1.52. The molecule has 0 aromatic heterocycles. The number of carboxylic acid groups (broad SMARTS) is 1. The lowest BCUT2D eigenvalue weighted by molar-refractivity contribution is -0.120. The Morgan fingerprint density at radius 2 is 2.10 bits per heavy atom. The van der Waals surface area contributed by atoms with Crippen LogP contribution < -0.4 is 5.32 Å². The van der Waals surface area contributed by atoms with Crippen LogP contribution in [0.4, 0.5) is 4.39 Å². The van der Waals surface area contributed by atoms with Crippen LogP contribution in [0.25, 0.3) is 0 Å². The van der Waals surface area contributed by atoms with E-state index in [0.717, 1.165) is 25.0 Å². The third-order valence-corrected chi connectivity index (χ3v) is 4.24. The topological polar surface area (TPSA) is 83.5 Å². The van der Waals surface area contributed by atoms with Crippen LogP contribution in [-0.4, -0.2) is 33.0 Å². The summed E-state index contributed by atoms with van der Waals surface area (Å²) in [7, 11) is -1.52. The van der Waals surface area contributed by atoms with Gasteiger partial charge in [-0.15, -0.1) is 0 Å². The lowest BCUT2D eigenvalue weighted by atomic mass is 10.2. The summed E-state index contributed by atoms with van der Waals surface area (Å²) in [5.74, 6) is -2.36. The molecule has 1 aliphatic carbocycles. The van der Waals surface area contributed by atoms with Gasteiger partial charge in [0.15, 0.2) is 0 Å². The molecule has 7 heteroatoms. The number of aromatic carboxylic acids is 1. The number of hydrogen-bond acceptors (Lipinski definition) is 3. The van der Waals surface area contributed by atoms with E-state index in [1.165, 1.54) is 6.07 Å². The molecule has 1 unspecified atom stereocenters. The predicted octanol–water partition coefficient (Wildman–Crippen LogP) is 1.30. The van der Waals surface area contributed by atoms with Crippen LogP contribution in [-0.2, 0) is 15.6 Å². The van der Waals surface area contributed by atoms with E-state index in [4.69, 9.17) is 5.11 Å². The molecule has 1 fully saturated rings. The van der Waals surface area contributed by atoms with E-state index in [-0.39, 0.29) is 29.0 Å². The Morgan fingerprint density at radius 3 is 2.70 bits per heavy atom. The van der Waals surface area contributed by atoms with E-state index in [2.05, 4.69) is 5.32 Å². The van der Waals surface area contributed by atoms with Crippen LogP contribution in [0.5, 0.6) is 0 Å². The van der Waals surface area contributed by atoms with Crippen molar-refractivity contribution in [2.24, 2.45) is 0 Å². The maximum atomic E-state index is 13.2. The monoisotopic (exact) mass is 299 g/mol. The number of carbonyl (C=O) groups excluding carboxylic acids is 1. The highest BCUT2D eigenvalue weighted by Gasteiger charge is 2.23. The van der Waals surface area contributed by atoms with Gasteiger partial charge in [-0.1, -0.05) is 0 Å². The van der Waals surface area contributed by atoms with Crippen molar-refractivity contribution in [3.63, 3.8) is 0 Å². The van der Waals surface area contributed by atoms with Crippen LogP contribution in [0, 0.1) is 5.82 Å². The molecule has 1 aromatic carbocycles. The molecular formula is C13H14FNO4S. The smallest absolute Gasteiger partial charge is 0.338 e. The molecule has 1 atom stereocenters. The normalized spacial score (nSPS) is 15.7. The zero-order chi connectivity index (χ0) is 14.7. The Morgan fingerprint density at radius 1 is 1.40 bits per heavy atom. The molecule has 0 heterocycles. The van der Waals surface area contributed by atoms with Crippen LogP contribution in [0.2, 0.25) is 0 Å². The fourth-order valence-electron chi connectivity index (χ4n) is 1.64. The van der Waals surface area contributed by atoms with Crippen molar-refractivity contribution in [3.8, 4) is 0 Å². The van der Waals surface area contributed by atoms with Gasteiger partial charge < -0.3 is 10.4 Å². The summed E-state index contributed by atoms with van der Waals surface area (Å²) in [6, 6.07) is 3.55. The van der Waals surface area contributed by atoms with Gasteiger partial charge in [0.25, 0.3) is 0 Å². The van der Waals surface area contributed by atoms with Crippen molar-refractivity contribution in [1.29, 1.82) is 0 Å². The molecule has 0 aliphatic heterocycles. The fraction of sp³-hybridized carbons (Fsp3) is 0.385. The summed E-state index contributed by atoms with van der Waals surface area (Å²) in [5.41, 5.74) is -0.515. The Bertz CT molecular complexity index is 571. The minimum absolute atomic E-state index is 0.0866. The van der Waals surface area contributed by atoms with Gasteiger partial charge in [-0.3, -0.25) is 9.00 Å². The number of benzene rings is 1. The van der Waals surface area contributed by atoms with Crippen molar-refractivity contribution in [3.05, 3.63) is 29.6 Å². The van der Waals surface area contributed by atoms with Crippen molar-refractivity contribution in [1.82, 2.24) is 5.32 Å². The third-order valence-electron chi connectivity index (χ3n) is 2.89. The maximum Gasteiger partial charge on any atom is 0.338 e. The first-order valence-electron chi connectivity index (χ1n) is 6.18. The van der Waals surface area contributed by atoms with Gasteiger partial charge in [-0.25, -0.2) is 9.18 Å². The highest BCUT2D eigenvalue weighted by atomic mass is 32.2. The van der Waals surface area contributed by atoms with Gasteiger partial charge in [-0.2, -0.15) is 0 Å². The summed E-state index contributed by atoms with van der Waals surface area (Å²) in [5, 5.41) is 11.6. The van der Waals surface area contributed by atoms with Crippen LogP contribution in [0.1, 0.15) is 29.6 Å². The Kier molecular flexibility index (Phi) is 4.49. The van der Waals surface area contributed by atoms with Gasteiger partial charge in [0.05, 0.1) is 16.4 Å². The van der Waals surface area contributed by atoms with Crippen molar-refractivity contribution in [2.75, 3.05) is 5.75 Å². The van der Waals surface area contributed by atoms with Crippen LogP contribution >= 0.6 is 0 Å². The summed E-state index contributed by atoms with van der Waals surface area (Å²) >= 11 is 0. The van der Waals surface area contributed by atoms with Crippen molar-refractivity contribution < 1.29 is 23.3 Å². The van der Waals surface area contributed by atoms with Gasteiger partial charge in [0.1, 0.15) is 5.82 Å². The molecule has 1 aliphatic rings. The van der Waals surface area contributed by atoms with Crippen molar-refractivity contribution in [2.45, 2.75) is 30.2 Å². The summed E-state index contributed by atoms with van der Waals surface area (Å²) < 4.78 is 25.2. The van der Waals surface area contributed by atoms with Gasteiger partial charge >= 0.3 is 5.97 Å². The summed E-state index contributed by atoms with van der Waals surface area (Å²) in [6.45, 7) is 0. The number of nitrogens with one attached hydrogen (secondary N) is 1. The van der Waals surface area contributed by atoms with E-state index >= 15 is 0 Å². The summed E-state index contributed by atoms with van der Waals surface area (Å²) in [6.07, 6.45) is 2.06. The van der Waals surface area contributed by atoms with Crippen LogP contribution in [0.15, 0.2) is 23.1 Å². The quantitative estimate of drug-likeness (QED) is 0.829. The second-order valence-corrected chi connectivity index (χ2v) is 6.16. The molecule has 0 bridgehead atoms. The zero-order valence-electron chi connectivity index (χ0n) is 10.6. The third kappa shape index (κ3) is 3.86. The van der Waals surface area contributed by atoms with Gasteiger partial charge in [0, 0.05) is 23.1 Å². The first-order chi connectivity index (χ1) is 9.47.